The van der Waals surface area contributed by atoms with Gasteiger partial charge in [0.15, 0.2) is 0 Å². The molecular weight excluding hydrogens is 308 g/mol. The summed E-state index contributed by atoms with van der Waals surface area (Å²) in [6, 6.07) is 8.77. The van der Waals surface area contributed by atoms with Crippen LogP contribution in [-0.4, -0.2) is 21.0 Å². The molecule has 0 aliphatic carbocycles. The standard InChI is InChI=1S/C17H16N4O3/c1-10-12(17(18)22)6-7-15(20-10)23-9-13-11(2)24-21-16(13)14-5-3-4-8-19-14/h3-8H,9H2,1-2H3,(H2,18,22). The normalized spacial score (nSPS) is 10.6. The van der Waals surface area contributed by atoms with Crippen molar-refractivity contribution in [2.75, 3.05) is 0 Å². The minimum Gasteiger partial charge on any atom is -0.473 e. The number of carbonyl (C=O) groups is 1. The average Bonchev–Trinajstić information content (AvgIpc) is 2.94. The molecule has 1 amide bonds. The SMILES string of the molecule is Cc1nc(OCc2c(-c3ccccn3)noc2C)ccc1C(N)=O. The van der Waals surface area contributed by atoms with E-state index in [0.29, 0.717) is 34.3 Å². The first-order valence-corrected chi connectivity index (χ1v) is 7.33. The van der Waals surface area contributed by atoms with Crippen LogP contribution in [0.3, 0.4) is 0 Å². The van der Waals surface area contributed by atoms with Crippen molar-refractivity contribution in [2.24, 2.45) is 5.73 Å². The van der Waals surface area contributed by atoms with Crippen LogP contribution in [0.5, 0.6) is 5.88 Å². The van der Waals surface area contributed by atoms with Gasteiger partial charge in [-0.1, -0.05) is 11.2 Å². The van der Waals surface area contributed by atoms with Crippen LogP contribution in [0.4, 0.5) is 0 Å². The van der Waals surface area contributed by atoms with Crippen LogP contribution in [0.1, 0.15) is 27.4 Å². The van der Waals surface area contributed by atoms with E-state index in [1.54, 1.807) is 25.3 Å². The number of aromatic nitrogens is 3. The number of hydrogen-bond donors (Lipinski definition) is 1. The number of pyridine rings is 2. The summed E-state index contributed by atoms with van der Waals surface area (Å²) >= 11 is 0. The van der Waals surface area contributed by atoms with E-state index in [0.717, 1.165) is 5.56 Å². The van der Waals surface area contributed by atoms with Crippen molar-refractivity contribution in [3.05, 3.63) is 59.1 Å². The van der Waals surface area contributed by atoms with E-state index in [9.17, 15) is 4.79 Å². The second kappa shape index (κ2) is 6.49. The zero-order valence-corrected chi connectivity index (χ0v) is 13.3. The predicted octanol–water partition coefficient (Wildman–Crippen LogP) is 2.43. The molecule has 24 heavy (non-hydrogen) atoms. The lowest BCUT2D eigenvalue weighted by molar-refractivity contribution is 0.0999. The van der Waals surface area contributed by atoms with Crippen LogP contribution in [0.15, 0.2) is 41.1 Å². The molecule has 7 heteroatoms. The van der Waals surface area contributed by atoms with E-state index in [4.69, 9.17) is 15.0 Å². The lowest BCUT2D eigenvalue weighted by Gasteiger charge is -2.08. The van der Waals surface area contributed by atoms with Gasteiger partial charge in [0, 0.05) is 12.3 Å². The van der Waals surface area contributed by atoms with Gasteiger partial charge in [-0.25, -0.2) is 4.98 Å². The summed E-state index contributed by atoms with van der Waals surface area (Å²) in [7, 11) is 0. The molecular formula is C17H16N4O3. The van der Waals surface area contributed by atoms with Crippen LogP contribution in [0, 0.1) is 13.8 Å². The van der Waals surface area contributed by atoms with Gasteiger partial charge in [-0.3, -0.25) is 9.78 Å². The maximum atomic E-state index is 11.2. The molecule has 0 aliphatic rings. The van der Waals surface area contributed by atoms with Gasteiger partial charge in [-0.15, -0.1) is 0 Å². The molecule has 3 aromatic rings. The Balaban J connectivity index is 1.82. The highest BCUT2D eigenvalue weighted by Gasteiger charge is 2.17. The molecule has 0 aromatic carbocycles. The van der Waals surface area contributed by atoms with Gasteiger partial charge in [0.25, 0.3) is 5.91 Å². The Bertz CT molecular complexity index is 875. The fourth-order valence-corrected chi connectivity index (χ4v) is 2.29. The molecule has 0 fully saturated rings. The van der Waals surface area contributed by atoms with Crippen molar-refractivity contribution in [3.8, 4) is 17.3 Å². The number of carbonyl (C=O) groups excluding carboxylic acids is 1. The van der Waals surface area contributed by atoms with E-state index < -0.39 is 5.91 Å². The monoisotopic (exact) mass is 324 g/mol. The first-order valence-electron chi connectivity index (χ1n) is 7.33. The van der Waals surface area contributed by atoms with Gasteiger partial charge in [0.05, 0.1) is 22.5 Å². The highest BCUT2D eigenvalue weighted by Crippen LogP contribution is 2.24. The molecule has 0 bridgehead atoms. The van der Waals surface area contributed by atoms with Gasteiger partial charge < -0.3 is 15.0 Å². The van der Waals surface area contributed by atoms with Gasteiger partial charge in [0.1, 0.15) is 18.1 Å². The molecule has 3 aromatic heterocycles. The molecule has 3 rings (SSSR count). The molecule has 0 saturated heterocycles. The van der Waals surface area contributed by atoms with E-state index >= 15 is 0 Å². The first kappa shape index (κ1) is 15.7. The summed E-state index contributed by atoms with van der Waals surface area (Å²) in [4.78, 5) is 19.8. The Morgan fingerprint density at radius 2 is 2.08 bits per heavy atom. The zero-order valence-electron chi connectivity index (χ0n) is 13.3. The highest BCUT2D eigenvalue weighted by atomic mass is 16.5. The van der Waals surface area contributed by atoms with Crippen molar-refractivity contribution < 1.29 is 14.1 Å². The van der Waals surface area contributed by atoms with Crippen molar-refractivity contribution >= 4 is 5.91 Å². The number of rotatable bonds is 5. The second-order valence-electron chi connectivity index (χ2n) is 5.22. The Morgan fingerprint density at radius 3 is 2.75 bits per heavy atom. The third-order valence-electron chi connectivity index (χ3n) is 3.58. The van der Waals surface area contributed by atoms with Crippen LogP contribution in [-0.2, 0) is 6.61 Å². The van der Waals surface area contributed by atoms with Crippen molar-refractivity contribution in [2.45, 2.75) is 20.5 Å². The summed E-state index contributed by atoms with van der Waals surface area (Å²) in [5.74, 6) is 0.532. The largest absolute Gasteiger partial charge is 0.473 e. The maximum Gasteiger partial charge on any atom is 0.250 e. The van der Waals surface area contributed by atoms with Crippen molar-refractivity contribution in [1.82, 2.24) is 15.1 Å². The van der Waals surface area contributed by atoms with E-state index in [1.807, 2.05) is 25.1 Å². The Hall–Kier alpha value is -3.22. The summed E-state index contributed by atoms with van der Waals surface area (Å²) in [5, 5.41) is 4.05. The van der Waals surface area contributed by atoms with Crippen LogP contribution in [0.25, 0.3) is 11.4 Å². The number of aryl methyl sites for hydroxylation is 2. The molecule has 0 saturated carbocycles. The summed E-state index contributed by atoms with van der Waals surface area (Å²) < 4.78 is 11.0. The van der Waals surface area contributed by atoms with Gasteiger partial charge >= 0.3 is 0 Å². The molecule has 0 atom stereocenters. The van der Waals surface area contributed by atoms with Gasteiger partial charge in [-0.2, -0.15) is 0 Å². The summed E-state index contributed by atoms with van der Waals surface area (Å²) in [6.07, 6.45) is 1.69. The predicted molar refractivity (Wildman–Crippen MR) is 86.3 cm³/mol. The molecule has 0 unspecified atom stereocenters. The number of nitrogens with zero attached hydrogens (tertiary/aromatic N) is 3. The molecule has 122 valence electrons. The van der Waals surface area contributed by atoms with Crippen molar-refractivity contribution in [3.63, 3.8) is 0 Å². The average molecular weight is 324 g/mol. The highest BCUT2D eigenvalue weighted by molar-refractivity contribution is 5.93. The number of primary amides is 1. The van der Waals surface area contributed by atoms with Crippen LogP contribution in [0.2, 0.25) is 0 Å². The first-order chi connectivity index (χ1) is 11.6. The third kappa shape index (κ3) is 3.10. The minimum absolute atomic E-state index is 0.226. The molecule has 3 heterocycles. The summed E-state index contributed by atoms with van der Waals surface area (Å²) in [5.41, 5.74) is 8.31. The fraction of sp³-hybridized carbons (Fsp3) is 0.176. The Morgan fingerprint density at radius 1 is 1.25 bits per heavy atom. The number of nitrogens with two attached hydrogens (primary N) is 1. The Kier molecular flexibility index (Phi) is 4.24. The minimum atomic E-state index is -0.515. The van der Waals surface area contributed by atoms with Gasteiger partial charge in [-0.05, 0) is 32.0 Å². The van der Waals surface area contributed by atoms with Crippen LogP contribution >= 0.6 is 0 Å². The molecule has 7 nitrogen and oxygen atoms in total. The molecule has 0 radical (unpaired) electrons. The number of hydrogen-bond acceptors (Lipinski definition) is 6. The fourth-order valence-electron chi connectivity index (χ4n) is 2.29. The third-order valence-corrected chi connectivity index (χ3v) is 3.58. The zero-order chi connectivity index (χ0) is 17.1. The summed E-state index contributed by atoms with van der Waals surface area (Å²) in [6.45, 7) is 3.74. The molecule has 0 aliphatic heterocycles. The van der Waals surface area contributed by atoms with Crippen molar-refractivity contribution in [1.29, 1.82) is 0 Å². The quantitative estimate of drug-likeness (QED) is 0.773. The van der Waals surface area contributed by atoms with Gasteiger partial charge in [0.2, 0.25) is 5.88 Å². The Labute approximate surface area is 138 Å². The second-order valence-corrected chi connectivity index (χ2v) is 5.22. The van der Waals surface area contributed by atoms with E-state index in [2.05, 4.69) is 15.1 Å². The van der Waals surface area contributed by atoms with Crippen LogP contribution < -0.4 is 10.5 Å². The molecule has 2 N–H and O–H groups in total. The molecule has 0 spiro atoms. The smallest absolute Gasteiger partial charge is 0.250 e. The topological polar surface area (TPSA) is 104 Å². The van der Waals surface area contributed by atoms with E-state index in [-0.39, 0.29) is 6.61 Å². The van der Waals surface area contributed by atoms with E-state index in [1.165, 1.54) is 0 Å². The number of ether oxygens (including phenoxy) is 1. The lowest BCUT2D eigenvalue weighted by atomic mass is 10.1. The number of amides is 1. The lowest BCUT2D eigenvalue weighted by Crippen LogP contribution is -2.13. The maximum absolute atomic E-state index is 11.2.